The predicted molar refractivity (Wildman–Crippen MR) is 79.9 cm³/mol. The quantitative estimate of drug-likeness (QED) is 0.751. The standard InChI is InChI=1S/C15H22ClNO3/c1-11(2)15(12-6-4-5-7-13(12)16)17-14(18)10-20-9-8-19-3/h4-7,11,15H,8-10H2,1-3H3,(H,17,18)/t15-/m1/s1. The second kappa shape index (κ2) is 8.95. The van der Waals surface area contributed by atoms with Crippen molar-refractivity contribution in [3.8, 4) is 0 Å². The van der Waals surface area contributed by atoms with Gasteiger partial charge >= 0.3 is 0 Å². The van der Waals surface area contributed by atoms with Crippen molar-refractivity contribution in [1.82, 2.24) is 5.32 Å². The Kier molecular flexibility index (Phi) is 7.59. The first kappa shape index (κ1) is 17.0. The molecular weight excluding hydrogens is 278 g/mol. The zero-order valence-electron chi connectivity index (χ0n) is 12.2. The Morgan fingerprint density at radius 1 is 1.30 bits per heavy atom. The van der Waals surface area contributed by atoms with Crippen molar-refractivity contribution in [1.29, 1.82) is 0 Å². The van der Waals surface area contributed by atoms with E-state index in [0.29, 0.717) is 18.2 Å². The Balaban J connectivity index is 2.60. The molecule has 0 heterocycles. The molecule has 0 aliphatic heterocycles. The molecule has 0 spiro atoms. The molecule has 1 amide bonds. The maximum absolute atomic E-state index is 11.9. The van der Waals surface area contributed by atoms with E-state index in [0.717, 1.165) is 5.56 Å². The summed E-state index contributed by atoms with van der Waals surface area (Å²) in [6, 6.07) is 7.42. The average molecular weight is 300 g/mol. The highest BCUT2D eigenvalue weighted by molar-refractivity contribution is 6.31. The van der Waals surface area contributed by atoms with Crippen LogP contribution in [0.2, 0.25) is 5.02 Å². The average Bonchev–Trinajstić information content (AvgIpc) is 2.42. The third kappa shape index (κ3) is 5.49. The molecule has 112 valence electrons. The lowest BCUT2D eigenvalue weighted by atomic mass is 9.96. The van der Waals surface area contributed by atoms with Gasteiger partial charge in [-0.2, -0.15) is 0 Å². The van der Waals surface area contributed by atoms with Crippen LogP contribution < -0.4 is 5.32 Å². The van der Waals surface area contributed by atoms with Crippen molar-refractivity contribution in [2.75, 3.05) is 26.9 Å². The molecule has 0 saturated carbocycles. The van der Waals surface area contributed by atoms with Crippen LogP contribution in [0.4, 0.5) is 0 Å². The van der Waals surface area contributed by atoms with E-state index in [-0.39, 0.29) is 24.5 Å². The minimum Gasteiger partial charge on any atom is -0.382 e. The van der Waals surface area contributed by atoms with Crippen LogP contribution in [0.1, 0.15) is 25.5 Å². The van der Waals surface area contributed by atoms with Crippen LogP contribution in [0, 0.1) is 5.92 Å². The first-order valence-electron chi connectivity index (χ1n) is 6.66. The number of hydrogen-bond acceptors (Lipinski definition) is 3. The van der Waals surface area contributed by atoms with E-state index >= 15 is 0 Å². The summed E-state index contributed by atoms with van der Waals surface area (Å²) in [6.07, 6.45) is 0. The van der Waals surface area contributed by atoms with Crippen molar-refractivity contribution in [2.24, 2.45) is 5.92 Å². The lowest BCUT2D eigenvalue weighted by molar-refractivity contribution is -0.127. The minimum atomic E-state index is -0.153. The topological polar surface area (TPSA) is 47.6 Å². The molecule has 20 heavy (non-hydrogen) atoms. The molecule has 1 aromatic rings. The van der Waals surface area contributed by atoms with E-state index in [1.807, 2.05) is 38.1 Å². The van der Waals surface area contributed by atoms with Gasteiger partial charge in [-0.25, -0.2) is 0 Å². The first-order chi connectivity index (χ1) is 9.56. The fraction of sp³-hybridized carbons (Fsp3) is 0.533. The molecule has 1 aromatic carbocycles. The van der Waals surface area contributed by atoms with Gasteiger partial charge in [-0.05, 0) is 17.5 Å². The number of ether oxygens (including phenoxy) is 2. The lowest BCUT2D eigenvalue weighted by Gasteiger charge is -2.23. The molecule has 0 aromatic heterocycles. The second-order valence-electron chi connectivity index (χ2n) is 4.86. The summed E-state index contributed by atoms with van der Waals surface area (Å²) in [5.41, 5.74) is 0.925. The fourth-order valence-corrected chi connectivity index (χ4v) is 2.11. The number of carbonyl (C=O) groups is 1. The number of amides is 1. The van der Waals surface area contributed by atoms with Crippen LogP contribution in [0.25, 0.3) is 0 Å². The zero-order valence-corrected chi connectivity index (χ0v) is 12.9. The van der Waals surface area contributed by atoms with E-state index in [1.165, 1.54) is 0 Å². The third-order valence-electron chi connectivity index (χ3n) is 2.89. The zero-order chi connectivity index (χ0) is 15.0. The summed E-state index contributed by atoms with van der Waals surface area (Å²) in [7, 11) is 1.59. The normalized spacial score (nSPS) is 12.4. The van der Waals surface area contributed by atoms with Crippen molar-refractivity contribution in [2.45, 2.75) is 19.9 Å². The van der Waals surface area contributed by atoms with Crippen LogP contribution in [0.3, 0.4) is 0 Å². The monoisotopic (exact) mass is 299 g/mol. The number of rotatable bonds is 8. The molecule has 5 heteroatoms. The number of hydrogen-bond donors (Lipinski definition) is 1. The second-order valence-corrected chi connectivity index (χ2v) is 5.26. The summed E-state index contributed by atoms with van der Waals surface area (Å²) >= 11 is 6.19. The summed E-state index contributed by atoms with van der Waals surface area (Å²) in [5, 5.41) is 3.62. The minimum absolute atomic E-state index is 0.0248. The summed E-state index contributed by atoms with van der Waals surface area (Å²) in [5.74, 6) is 0.0811. The Bertz CT molecular complexity index is 423. The van der Waals surface area contributed by atoms with E-state index in [9.17, 15) is 4.79 Å². The summed E-state index contributed by atoms with van der Waals surface area (Å²) in [6.45, 7) is 4.99. The van der Waals surface area contributed by atoms with E-state index in [1.54, 1.807) is 7.11 Å². The molecule has 0 radical (unpaired) electrons. The molecule has 1 rings (SSSR count). The molecule has 1 atom stereocenters. The molecular formula is C15H22ClNO3. The van der Waals surface area contributed by atoms with Crippen LogP contribution in [-0.4, -0.2) is 32.8 Å². The van der Waals surface area contributed by atoms with Gasteiger partial charge < -0.3 is 14.8 Å². The van der Waals surface area contributed by atoms with Crippen molar-refractivity contribution < 1.29 is 14.3 Å². The highest BCUT2D eigenvalue weighted by Crippen LogP contribution is 2.27. The Morgan fingerprint density at radius 2 is 2.00 bits per heavy atom. The SMILES string of the molecule is COCCOCC(=O)N[C@@H](c1ccccc1Cl)C(C)C. The van der Waals surface area contributed by atoms with Gasteiger partial charge in [0.1, 0.15) is 6.61 Å². The van der Waals surface area contributed by atoms with E-state index in [4.69, 9.17) is 21.1 Å². The van der Waals surface area contributed by atoms with Crippen LogP contribution in [0.15, 0.2) is 24.3 Å². The largest absolute Gasteiger partial charge is 0.382 e. The van der Waals surface area contributed by atoms with Gasteiger partial charge in [0.05, 0.1) is 19.3 Å². The highest BCUT2D eigenvalue weighted by Gasteiger charge is 2.20. The van der Waals surface area contributed by atoms with E-state index < -0.39 is 0 Å². The maximum atomic E-state index is 11.9. The van der Waals surface area contributed by atoms with Gasteiger partial charge in [0.15, 0.2) is 0 Å². The van der Waals surface area contributed by atoms with Crippen LogP contribution >= 0.6 is 11.6 Å². The molecule has 0 saturated heterocycles. The Hall–Kier alpha value is -1.10. The summed E-state index contributed by atoms with van der Waals surface area (Å²) < 4.78 is 10.1. The molecule has 0 unspecified atom stereocenters. The number of carbonyl (C=O) groups excluding carboxylic acids is 1. The lowest BCUT2D eigenvalue weighted by Crippen LogP contribution is -2.34. The van der Waals surface area contributed by atoms with Crippen LogP contribution in [0.5, 0.6) is 0 Å². The van der Waals surface area contributed by atoms with Crippen molar-refractivity contribution in [3.63, 3.8) is 0 Å². The fourth-order valence-electron chi connectivity index (χ4n) is 1.85. The molecule has 1 N–H and O–H groups in total. The Morgan fingerprint density at radius 3 is 2.60 bits per heavy atom. The third-order valence-corrected chi connectivity index (χ3v) is 3.23. The number of nitrogens with one attached hydrogen (secondary N) is 1. The Labute approximate surface area is 125 Å². The first-order valence-corrected chi connectivity index (χ1v) is 7.04. The smallest absolute Gasteiger partial charge is 0.246 e. The predicted octanol–water partition coefficient (Wildman–Crippen LogP) is 2.82. The van der Waals surface area contributed by atoms with Gasteiger partial charge in [0.25, 0.3) is 0 Å². The molecule has 0 fully saturated rings. The van der Waals surface area contributed by atoms with Crippen molar-refractivity contribution >= 4 is 17.5 Å². The number of benzene rings is 1. The number of methoxy groups -OCH3 is 1. The number of halogens is 1. The van der Waals surface area contributed by atoms with Gasteiger partial charge in [0, 0.05) is 12.1 Å². The summed E-state index contributed by atoms with van der Waals surface area (Å²) in [4.78, 5) is 11.9. The van der Waals surface area contributed by atoms with Crippen LogP contribution in [-0.2, 0) is 14.3 Å². The van der Waals surface area contributed by atoms with Gasteiger partial charge in [-0.1, -0.05) is 43.6 Å². The van der Waals surface area contributed by atoms with Crippen molar-refractivity contribution in [3.05, 3.63) is 34.9 Å². The van der Waals surface area contributed by atoms with Gasteiger partial charge in [0.2, 0.25) is 5.91 Å². The van der Waals surface area contributed by atoms with Gasteiger partial charge in [-0.3, -0.25) is 4.79 Å². The molecule has 0 bridgehead atoms. The molecule has 0 aliphatic rings. The molecule has 4 nitrogen and oxygen atoms in total. The highest BCUT2D eigenvalue weighted by atomic mass is 35.5. The maximum Gasteiger partial charge on any atom is 0.246 e. The van der Waals surface area contributed by atoms with Gasteiger partial charge in [-0.15, -0.1) is 0 Å². The molecule has 0 aliphatic carbocycles. The van der Waals surface area contributed by atoms with E-state index in [2.05, 4.69) is 5.32 Å².